The van der Waals surface area contributed by atoms with Crippen LogP contribution in [0.2, 0.25) is 0 Å². The molecule has 0 bridgehead atoms. The van der Waals surface area contributed by atoms with Gasteiger partial charge in [0, 0.05) is 24.6 Å². The van der Waals surface area contributed by atoms with Crippen LogP contribution in [-0.2, 0) is 7.05 Å². The second kappa shape index (κ2) is 4.91. The lowest BCUT2D eigenvalue weighted by Crippen LogP contribution is -2.08. The highest BCUT2D eigenvalue weighted by Crippen LogP contribution is 2.17. The highest BCUT2D eigenvalue weighted by Gasteiger charge is 1.96. The summed E-state index contributed by atoms with van der Waals surface area (Å²) >= 11 is 1.75. The van der Waals surface area contributed by atoms with E-state index < -0.39 is 0 Å². The summed E-state index contributed by atoms with van der Waals surface area (Å²) in [5, 5.41) is 11.1. The van der Waals surface area contributed by atoms with Crippen LogP contribution in [0.3, 0.4) is 0 Å². The number of nitrogens with zero attached hydrogens (tertiary/aromatic N) is 2. The number of thioether (sulfide) groups is 1. The molecule has 3 N–H and O–H groups in total. The standard InChI is InChI=1S/C8H14N4S/c1-12-6-7(5-11-12)13-4-2-3-8(9)10/h5-6H,2-4H2,1H3,(H3,9,10). The molecule has 1 rings (SSSR count). The Hall–Kier alpha value is -0.970. The van der Waals surface area contributed by atoms with Crippen LogP contribution in [0.4, 0.5) is 0 Å². The van der Waals surface area contributed by atoms with E-state index in [-0.39, 0.29) is 5.84 Å². The van der Waals surface area contributed by atoms with E-state index in [1.807, 2.05) is 19.4 Å². The van der Waals surface area contributed by atoms with Gasteiger partial charge in [0.25, 0.3) is 0 Å². The zero-order chi connectivity index (χ0) is 9.68. The summed E-state index contributed by atoms with van der Waals surface area (Å²) < 4.78 is 1.79. The molecule has 0 spiro atoms. The van der Waals surface area contributed by atoms with E-state index in [1.165, 1.54) is 4.90 Å². The molecule has 0 aromatic carbocycles. The number of aryl methyl sites for hydroxylation is 1. The molecule has 0 radical (unpaired) electrons. The molecule has 5 heteroatoms. The maximum Gasteiger partial charge on any atom is 0.0905 e. The van der Waals surface area contributed by atoms with Crippen molar-refractivity contribution in [2.24, 2.45) is 12.8 Å². The molecule has 0 aliphatic rings. The zero-order valence-corrected chi connectivity index (χ0v) is 8.47. The second-order valence-corrected chi connectivity index (χ2v) is 4.00. The summed E-state index contributed by atoms with van der Waals surface area (Å²) in [6.07, 6.45) is 5.47. The molecule has 1 heterocycles. The number of hydrogen-bond acceptors (Lipinski definition) is 3. The van der Waals surface area contributed by atoms with Crippen molar-refractivity contribution in [1.29, 1.82) is 5.41 Å². The average Bonchev–Trinajstić information content (AvgIpc) is 2.45. The molecule has 1 aromatic rings. The van der Waals surface area contributed by atoms with Crippen LogP contribution >= 0.6 is 11.8 Å². The SMILES string of the molecule is Cn1cc(SCCCC(=N)N)cn1. The van der Waals surface area contributed by atoms with Crippen molar-refractivity contribution in [1.82, 2.24) is 9.78 Å². The molecule has 0 saturated heterocycles. The smallest absolute Gasteiger partial charge is 0.0905 e. The summed E-state index contributed by atoms with van der Waals surface area (Å²) in [6.45, 7) is 0. The van der Waals surface area contributed by atoms with E-state index in [4.69, 9.17) is 11.1 Å². The lowest BCUT2D eigenvalue weighted by Gasteiger charge is -1.97. The van der Waals surface area contributed by atoms with E-state index in [0.29, 0.717) is 6.42 Å². The minimum absolute atomic E-state index is 0.270. The van der Waals surface area contributed by atoms with Crippen LogP contribution in [0.25, 0.3) is 0 Å². The first-order valence-electron chi connectivity index (χ1n) is 4.13. The third kappa shape index (κ3) is 3.98. The lowest BCUT2D eigenvalue weighted by molar-refractivity contribution is 0.766. The van der Waals surface area contributed by atoms with Crippen LogP contribution in [0.1, 0.15) is 12.8 Å². The minimum atomic E-state index is 0.270. The van der Waals surface area contributed by atoms with Crippen LogP contribution < -0.4 is 5.73 Å². The summed E-state index contributed by atoms with van der Waals surface area (Å²) in [7, 11) is 1.90. The Bertz CT molecular complexity index is 281. The summed E-state index contributed by atoms with van der Waals surface area (Å²) in [5.74, 6) is 1.26. The van der Waals surface area contributed by atoms with Crippen molar-refractivity contribution < 1.29 is 0 Å². The highest BCUT2D eigenvalue weighted by molar-refractivity contribution is 7.99. The van der Waals surface area contributed by atoms with Crippen molar-refractivity contribution in [3.63, 3.8) is 0 Å². The average molecular weight is 198 g/mol. The van der Waals surface area contributed by atoms with E-state index in [0.717, 1.165) is 12.2 Å². The Morgan fingerprint density at radius 1 is 1.77 bits per heavy atom. The second-order valence-electron chi connectivity index (χ2n) is 2.83. The van der Waals surface area contributed by atoms with Crippen molar-refractivity contribution >= 4 is 17.6 Å². The molecular weight excluding hydrogens is 184 g/mol. The molecule has 0 aliphatic carbocycles. The van der Waals surface area contributed by atoms with Gasteiger partial charge in [-0.3, -0.25) is 10.1 Å². The lowest BCUT2D eigenvalue weighted by atomic mass is 10.3. The van der Waals surface area contributed by atoms with Crippen LogP contribution in [0, 0.1) is 5.41 Å². The van der Waals surface area contributed by atoms with Gasteiger partial charge in [0.05, 0.1) is 12.0 Å². The Kier molecular flexibility index (Phi) is 3.82. The van der Waals surface area contributed by atoms with Gasteiger partial charge in [-0.15, -0.1) is 11.8 Å². The van der Waals surface area contributed by atoms with E-state index in [9.17, 15) is 0 Å². The molecule has 13 heavy (non-hydrogen) atoms. The van der Waals surface area contributed by atoms with Gasteiger partial charge in [-0.1, -0.05) is 0 Å². The number of hydrogen-bond donors (Lipinski definition) is 2. The van der Waals surface area contributed by atoms with Gasteiger partial charge in [0.2, 0.25) is 0 Å². The third-order valence-corrected chi connectivity index (χ3v) is 2.58. The van der Waals surface area contributed by atoms with Gasteiger partial charge in [-0.05, 0) is 12.2 Å². The number of aromatic nitrogens is 2. The molecule has 0 unspecified atom stereocenters. The molecular formula is C8H14N4S. The quantitative estimate of drug-likeness (QED) is 0.323. The summed E-state index contributed by atoms with van der Waals surface area (Å²) in [4.78, 5) is 1.17. The first-order valence-corrected chi connectivity index (χ1v) is 5.11. The Labute approximate surface area is 82.0 Å². The molecule has 72 valence electrons. The first-order chi connectivity index (χ1) is 6.18. The molecule has 0 atom stereocenters. The number of rotatable bonds is 5. The van der Waals surface area contributed by atoms with Gasteiger partial charge in [-0.2, -0.15) is 5.10 Å². The van der Waals surface area contributed by atoms with Gasteiger partial charge >= 0.3 is 0 Å². The van der Waals surface area contributed by atoms with Crippen molar-refractivity contribution in [3.05, 3.63) is 12.4 Å². The third-order valence-electron chi connectivity index (χ3n) is 1.54. The molecule has 0 amide bonds. The fourth-order valence-electron chi connectivity index (χ4n) is 0.926. The fourth-order valence-corrected chi connectivity index (χ4v) is 1.80. The molecule has 4 nitrogen and oxygen atoms in total. The van der Waals surface area contributed by atoms with E-state index in [1.54, 1.807) is 16.4 Å². The van der Waals surface area contributed by atoms with Crippen LogP contribution in [0.5, 0.6) is 0 Å². The van der Waals surface area contributed by atoms with Crippen molar-refractivity contribution in [2.75, 3.05) is 5.75 Å². The van der Waals surface area contributed by atoms with Crippen molar-refractivity contribution in [3.8, 4) is 0 Å². The molecule has 0 saturated carbocycles. The van der Waals surface area contributed by atoms with Gasteiger partial charge in [0.15, 0.2) is 0 Å². The Morgan fingerprint density at radius 3 is 3.08 bits per heavy atom. The Balaban J connectivity index is 2.16. The number of nitrogens with two attached hydrogens (primary N) is 1. The predicted molar refractivity (Wildman–Crippen MR) is 55.1 cm³/mol. The van der Waals surface area contributed by atoms with Gasteiger partial charge in [0.1, 0.15) is 0 Å². The predicted octanol–water partition coefficient (Wildman–Crippen LogP) is 1.23. The molecule has 0 aliphatic heterocycles. The number of nitrogens with one attached hydrogen (secondary N) is 1. The molecule has 0 fully saturated rings. The largest absolute Gasteiger partial charge is 0.388 e. The fraction of sp³-hybridized carbons (Fsp3) is 0.500. The highest BCUT2D eigenvalue weighted by atomic mass is 32.2. The molecule has 1 aromatic heterocycles. The van der Waals surface area contributed by atoms with Crippen LogP contribution in [0.15, 0.2) is 17.3 Å². The minimum Gasteiger partial charge on any atom is -0.388 e. The van der Waals surface area contributed by atoms with E-state index in [2.05, 4.69) is 5.10 Å². The van der Waals surface area contributed by atoms with Gasteiger partial charge < -0.3 is 5.73 Å². The van der Waals surface area contributed by atoms with E-state index >= 15 is 0 Å². The maximum absolute atomic E-state index is 7.03. The number of amidine groups is 1. The van der Waals surface area contributed by atoms with Crippen molar-refractivity contribution in [2.45, 2.75) is 17.7 Å². The van der Waals surface area contributed by atoms with Crippen LogP contribution in [-0.4, -0.2) is 21.4 Å². The zero-order valence-electron chi connectivity index (χ0n) is 7.66. The normalized spacial score (nSPS) is 10.2. The van der Waals surface area contributed by atoms with Gasteiger partial charge in [-0.25, -0.2) is 0 Å². The maximum atomic E-state index is 7.03. The Morgan fingerprint density at radius 2 is 2.54 bits per heavy atom. The first kappa shape index (κ1) is 10.1. The summed E-state index contributed by atoms with van der Waals surface area (Å²) in [6, 6.07) is 0. The summed E-state index contributed by atoms with van der Waals surface area (Å²) in [5.41, 5.74) is 5.23. The topological polar surface area (TPSA) is 67.7 Å². The monoisotopic (exact) mass is 198 g/mol.